The van der Waals surface area contributed by atoms with E-state index in [1.54, 1.807) is 0 Å². The zero-order valence-corrected chi connectivity index (χ0v) is 13.7. The highest BCUT2D eigenvalue weighted by Gasteiger charge is 2.18. The predicted octanol–water partition coefficient (Wildman–Crippen LogP) is 3.75. The van der Waals surface area contributed by atoms with Gasteiger partial charge in [0.1, 0.15) is 0 Å². The Morgan fingerprint density at radius 2 is 1.94 bits per heavy atom. The van der Waals surface area contributed by atoms with Gasteiger partial charge in [-0.1, -0.05) is 13.8 Å². The summed E-state index contributed by atoms with van der Waals surface area (Å²) in [5.74, 6) is 0.642. The molecule has 0 fully saturated rings. The lowest BCUT2D eigenvalue weighted by atomic mass is 10.0. The number of nitrogens with zero attached hydrogens (tertiary/aromatic N) is 1. The van der Waals surface area contributed by atoms with Crippen molar-refractivity contribution in [2.45, 2.75) is 32.9 Å². The van der Waals surface area contributed by atoms with Crippen LogP contribution < -0.4 is 5.32 Å². The molecule has 1 N–H and O–H groups in total. The van der Waals surface area contributed by atoms with E-state index in [0.29, 0.717) is 18.0 Å². The third kappa shape index (κ3) is 5.08. The Morgan fingerprint density at radius 3 is 2.35 bits per heavy atom. The summed E-state index contributed by atoms with van der Waals surface area (Å²) in [5.41, 5.74) is 0. The zero-order valence-electron chi connectivity index (χ0n) is 11.3. The van der Waals surface area contributed by atoms with Gasteiger partial charge in [0.15, 0.2) is 0 Å². The summed E-state index contributed by atoms with van der Waals surface area (Å²) in [6, 6.07) is 5.26. The number of halogens is 1. The number of rotatable bonds is 6. The largest absolute Gasteiger partial charge is 0.308 e. The molecule has 0 spiro atoms. The van der Waals surface area contributed by atoms with Crippen LogP contribution in [0.15, 0.2) is 15.9 Å². The van der Waals surface area contributed by atoms with Crippen LogP contribution in [-0.2, 0) is 0 Å². The molecule has 1 aromatic heterocycles. The predicted molar refractivity (Wildman–Crippen MR) is 80.7 cm³/mol. The van der Waals surface area contributed by atoms with Crippen LogP contribution in [0.5, 0.6) is 0 Å². The molecule has 0 aliphatic carbocycles. The number of thiophene rings is 1. The third-order valence-electron chi connectivity index (χ3n) is 2.85. The van der Waals surface area contributed by atoms with Crippen LogP contribution in [-0.4, -0.2) is 31.6 Å². The molecule has 4 heteroatoms. The van der Waals surface area contributed by atoms with E-state index in [2.05, 4.69) is 73.1 Å². The first-order valence-electron chi connectivity index (χ1n) is 6.06. The maximum absolute atomic E-state index is 3.73. The van der Waals surface area contributed by atoms with Gasteiger partial charge >= 0.3 is 0 Å². The van der Waals surface area contributed by atoms with Gasteiger partial charge in [0.25, 0.3) is 0 Å². The quantitative estimate of drug-likeness (QED) is 0.859. The van der Waals surface area contributed by atoms with Gasteiger partial charge in [-0.3, -0.25) is 0 Å². The van der Waals surface area contributed by atoms with E-state index in [4.69, 9.17) is 0 Å². The summed E-state index contributed by atoms with van der Waals surface area (Å²) in [6.07, 6.45) is 0. The molecule has 2 nitrogen and oxygen atoms in total. The van der Waals surface area contributed by atoms with Crippen molar-refractivity contribution in [3.05, 3.63) is 20.8 Å². The summed E-state index contributed by atoms with van der Waals surface area (Å²) in [4.78, 5) is 3.63. The topological polar surface area (TPSA) is 15.3 Å². The average molecular weight is 319 g/mol. The Kier molecular flexibility index (Phi) is 6.13. The van der Waals surface area contributed by atoms with Crippen LogP contribution in [0.2, 0.25) is 0 Å². The van der Waals surface area contributed by atoms with Crippen molar-refractivity contribution < 1.29 is 0 Å². The van der Waals surface area contributed by atoms with Crippen molar-refractivity contribution in [3.63, 3.8) is 0 Å². The van der Waals surface area contributed by atoms with Gasteiger partial charge in [0, 0.05) is 23.5 Å². The van der Waals surface area contributed by atoms with E-state index >= 15 is 0 Å². The van der Waals surface area contributed by atoms with E-state index in [9.17, 15) is 0 Å². The first-order valence-corrected chi connectivity index (χ1v) is 7.67. The highest BCUT2D eigenvalue weighted by atomic mass is 79.9. The average Bonchev–Trinajstić information content (AvgIpc) is 2.63. The normalized spacial score (nSPS) is 15.5. The summed E-state index contributed by atoms with van der Waals surface area (Å²) in [6.45, 7) is 7.87. The number of hydrogen-bond acceptors (Lipinski definition) is 3. The van der Waals surface area contributed by atoms with Gasteiger partial charge in [0.05, 0.1) is 3.79 Å². The molecule has 0 aliphatic rings. The monoisotopic (exact) mass is 318 g/mol. The second-order valence-corrected chi connectivity index (χ2v) is 7.64. The molecule has 0 saturated carbocycles. The Labute approximate surface area is 118 Å². The fourth-order valence-corrected chi connectivity index (χ4v) is 3.25. The number of nitrogens with one attached hydrogen (secondary N) is 1. The van der Waals surface area contributed by atoms with Crippen LogP contribution in [0, 0.1) is 5.92 Å². The molecular formula is C13H23BrN2S. The third-order valence-corrected chi connectivity index (χ3v) is 4.66. The van der Waals surface area contributed by atoms with Gasteiger partial charge in [-0.25, -0.2) is 0 Å². The van der Waals surface area contributed by atoms with Crippen molar-refractivity contribution in [2.24, 2.45) is 5.92 Å². The molecule has 0 saturated heterocycles. The zero-order chi connectivity index (χ0) is 13.0. The molecule has 0 bridgehead atoms. The van der Waals surface area contributed by atoms with Crippen molar-refractivity contribution in [3.8, 4) is 0 Å². The number of hydrogen-bond donors (Lipinski definition) is 1. The SMILES string of the molecule is CC(NC(CN(C)C)C(C)C)c1ccc(Br)s1. The Bertz CT molecular complexity index is 336. The maximum atomic E-state index is 3.73. The first-order chi connectivity index (χ1) is 7.90. The summed E-state index contributed by atoms with van der Waals surface area (Å²) in [5, 5.41) is 3.73. The fraction of sp³-hybridized carbons (Fsp3) is 0.692. The molecule has 2 atom stereocenters. The smallest absolute Gasteiger partial charge is 0.0701 e. The Balaban J connectivity index is 2.60. The molecule has 0 amide bonds. The van der Waals surface area contributed by atoms with Crippen LogP contribution >= 0.6 is 27.3 Å². The van der Waals surface area contributed by atoms with Crippen LogP contribution in [0.4, 0.5) is 0 Å². The molecule has 17 heavy (non-hydrogen) atoms. The highest BCUT2D eigenvalue weighted by Crippen LogP contribution is 2.27. The molecule has 0 aromatic carbocycles. The molecule has 1 aromatic rings. The van der Waals surface area contributed by atoms with Gasteiger partial charge in [0.2, 0.25) is 0 Å². The maximum Gasteiger partial charge on any atom is 0.0701 e. The van der Waals surface area contributed by atoms with E-state index in [1.807, 2.05) is 11.3 Å². The molecule has 0 radical (unpaired) electrons. The van der Waals surface area contributed by atoms with Crippen LogP contribution in [0.25, 0.3) is 0 Å². The van der Waals surface area contributed by atoms with Crippen molar-refractivity contribution >= 4 is 27.3 Å². The fourth-order valence-electron chi connectivity index (χ4n) is 1.81. The molecule has 1 heterocycles. The van der Waals surface area contributed by atoms with Crippen molar-refractivity contribution in [1.82, 2.24) is 10.2 Å². The molecular weight excluding hydrogens is 296 g/mol. The lowest BCUT2D eigenvalue weighted by molar-refractivity contribution is 0.274. The lowest BCUT2D eigenvalue weighted by Crippen LogP contribution is -2.42. The van der Waals surface area contributed by atoms with Crippen LogP contribution in [0.1, 0.15) is 31.7 Å². The minimum absolute atomic E-state index is 0.415. The van der Waals surface area contributed by atoms with Gasteiger partial charge < -0.3 is 10.2 Å². The number of likely N-dealkylation sites (N-methyl/N-ethyl adjacent to an activating group) is 1. The first kappa shape index (κ1) is 15.2. The molecule has 1 rings (SSSR count). The van der Waals surface area contributed by atoms with Gasteiger partial charge in [-0.15, -0.1) is 11.3 Å². The van der Waals surface area contributed by atoms with E-state index in [-0.39, 0.29) is 0 Å². The van der Waals surface area contributed by atoms with Crippen molar-refractivity contribution in [2.75, 3.05) is 20.6 Å². The standard InChI is InChI=1S/C13H23BrN2S/c1-9(2)11(8-16(4)5)15-10(3)12-6-7-13(14)17-12/h6-7,9-11,15H,8H2,1-5H3. The van der Waals surface area contributed by atoms with Gasteiger partial charge in [-0.05, 0) is 55.0 Å². The minimum atomic E-state index is 0.415. The van der Waals surface area contributed by atoms with Crippen molar-refractivity contribution in [1.29, 1.82) is 0 Å². The van der Waals surface area contributed by atoms with E-state index in [0.717, 1.165) is 6.54 Å². The minimum Gasteiger partial charge on any atom is -0.308 e. The summed E-state index contributed by atoms with van der Waals surface area (Å²) in [7, 11) is 4.26. The second kappa shape index (κ2) is 6.88. The Morgan fingerprint density at radius 1 is 1.29 bits per heavy atom. The van der Waals surface area contributed by atoms with E-state index in [1.165, 1.54) is 8.66 Å². The van der Waals surface area contributed by atoms with Crippen LogP contribution in [0.3, 0.4) is 0 Å². The Hall–Kier alpha value is 0.1000. The molecule has 98 valence electrons. The highest BCUT2D eigenvalue weighted by molar-refractivity contribution is 9.11. The van der Waals surface area contributed by atoms with E-state index < -0.39 is 0 Å². The van der Waals surface area contributed by atoms with Gasteiger partial charge in [-0.2, -0.15) is 0 Å². The summed E-state index contributed by atoms with van der Waals surface area (Å²) >= 11 is 5.33. The summed E-state index contributed by atoms with van der Waals surface area (Å²) < 4.78 is 1.20. The molecule has 0 aliphatic heterocycles. The molecule has 2 unspecified atom stereocenters. The second-order valence-electron chi connectivity index (χ2n) is 5.14. The lowest BCUT2D eigenvalue weighted by Gasteiger charge is -2.28.